The van der Waals surface area contributed by atoms with Gasteiger partial charge in [-0.1, -0.05) is 6.92 Å². The van der Waals surface area contributed by atoms with Gasteiger partial charge in [0.25, 0.3) is 0 Å². The van der Waals surface area contributed by atoms with Crippen LogP contribution in [0, 0.1) is 5.92 Å². The molecule has 0 saturated carbocycles. The first-order valence-corrected chi connectivity index (χ1v) is 8.22. The Labute approximate surface area is 143 Å². The van der Waals surface area contributed by atoms with E-state index in [-0.39, 0.29) is 30.3 Å². The van der Waals surface area contributed by atoms with E-state index in [1.165, 1.54) is 6.92 Å². The SMILES string of the molecule is CC(=O)Nc1ccc2c(c1)CC(=O)N(C)C[C@@H](C)[C@H](CN(C)C)O2. The molecule has 6 heteroatoms. The molecule has 0 saturated heterocycles. The minimum Gasteiger partial charge on any atom is -0.488 e. The highest BCUT2D eigenvalue weighted by atomic mass is 16.5. The van der Waals surface area contributed by atoms with Gasteiger partial charge < -0.3 is 19.9 Å². The van der Waals surface area contributed by atoms with Crippen LogP contribution in [0.2, 0.25) is 0 Å². The zero-order valence-corrected chi connectivity index (χ0v) is 15.1. The highest BCUT2D eigenvalue weighted by molar-refractivity contribution is 5.89. The molecule has 0 spiro atoms. The second-order valence-corrected chi connectivity index (χ2v) is 6.85. The minimum absolute atomic E-state index is 0.0151. The molecule has 1 aliphatic rings. The van der Waals surface area contributed by atoms with E-state index in [0.717, 1.165) is 12.1 Å². The molecule has 1 aromatic carbocycles. The molecule has 0 unspecified atom stereocenters. The molecular formula is C18H27N3O3. The molecule has 2 rings (SSSR count). The van der Waals surface area contributed by atoms with Gasteiger partial charge in [-0.3, -0.25) is 9.59 Å². The number of rotatable bonds is 3. The van der Waals surface area contributed by atoms with E-state index in [9.17, 15) is 9.59 Å². The summed E-state index contributed by atoms with van der Waals surface area (Å²) < 4.78 is 6.26. The lowest BCUT2D eigenvalue weighted by atomic mass is 10.0. The average Bonchev–Trinajstić information content (AvgIpc) is 2.50. The van der Waals surface area contributed by atoms with Crippen LogP contribution in [-0.4, -0.2) is 62.0 Å². The Morgan fingerprint density at radius 3 is 2.75 bits per heavy atom. The number of benzene rings is 1. The molecule has 1 aromatic rings. The number of hydrogen-bond acceptors (Lipinski definition) is 4. The Hall–Kier alpha value is -2.08. The van der Waals surface area contributed by atoms with Gasteiger partial charge in [-0.15, -0.1) is 0 Å². The molecular weight excluding hydrogens is 306 g/mol. The van der Waals surface area contributed by atoms with Crippen molar-refractivity contribution >= 4 is 17.5 Å². The van der Waals surface area contributed by atoms with E-state index in [0.29, 0.717) is 18.0 Å². The second-order valence-electron chi connectivity index (χ2n) is 6.85. The number of fused-ring (bicyclic) bond motifs is 1. The zero-order chi connectivity index (χ0) is 17.9. The molecule has 6 nitrogen and oxygen atoms in total. The van der Waals surface area contributed by atoms with Gasteiger partial charge in [0.05, 0.1) is 6.42 Å². The van der Waals surface area contributed by atoms with Crippen molar-refractivity contribution < 1.29 is 14.3 Å². The van der Waals surface area contributed by atoms with Gasteiger partial charge in [-0.2, -0.15) is 0 Å². The largest absolute Gasteiger partial charge is 0.488 e. The van der Waals surface area contributed by atoms with E-state index in [1.807, 2.05) is 39.3 Å². The number of nitrogens with zero attached hydrogens (tertiary/aromatic N) is 2. The number of carbonyl (C=O) groups is 2. The summed E-state index contributed by atoms with van der Waals surface area (Å²) >= 11 is 0. The maximum Gasteiger partial charge on any atom is 0.226 e. The van der Waals surface area contributed by atoms with Crippen LogP contribution in [0.3, 0.4) is 0 Å². The number of nitrogens with one attached hydrogen (secondary N) is 1. The van der Waals surface area contributed by atoms with Gasteiger partial charge in [-0.05, 0) is 32.3 Å². The van der Waals surface area contributed by atoms with Crippen molar-refractivity contribution in [1.29, 1.82) is 0 Å². The summed E-state index contributed by atoms with van der Waals surface area (Å²) in [5, 5.41) is 2.76. The third kappa shape index (κ3) is 4.71. The number of amides is 2. The zero-order valence-electron chi connectivity index (χ0n) is 15.1. The Morgan fingerprint density at radius 1 is 1.42 bits per heavy atom. The second kappa shape index (κ2) is 7.66. The highest BCUT2D eigenvalue weighted by Crippen LogP contribution is 2.28. The predicted molar refractivity (Wildman–Crippen MR) is 94.2 cm³/mol. The van der Waals surface area contributed by atoms with Crippen LogP contribution in [0.1, 0.15) is 19.4 Å². The van der Waals surface area contributed by atoms with Crippen molar-refractivity contribution in [2.45, 2.75) is 26.4 Å². The minimum atomic E-state index is -0.138. The normalized spacial score (nSPS) is 21.4. The molecule has 1 N–H and O–H groups in total. The number of hydrogen-bond donors (Lipinski definition) is 1. The molecule has 1 heterocycles. The number of anilines is 1. The maximum atomic E-state index is 12.5. The van der Waals surface area contributed by atoms with Gasteiger partial charge >= 0.3 is 0 Å². The molecule has 0 aromatic heterocycles. The van der Waals surface area contributed by atoms with Crippen molar-refractivity contribution in [3.05, 3.63) is 23.8 Å². The van der Waals surface area contributed by atoms with Crippen molar-refractivity contribution in [2.24, 2.45) is 5.92 Å². The molecule has 0 fully saturated rings. The van der Waals surface area contributed by atoms with Crippen molar-refractivity contribution in [1.82, 2.24) is 9.80 Å². The summed E-state index contributed by atoms with van der Waals surface area (Å²) in [5.74, 6) is 0.840. The van der Waals surface area contributed by atoms with E-state index in [2.05, 4.69) is 17.1 Å². The third-order valence-electron chi connectivity index (χ3n) is 4.17. The Bertz CT molecular complexity index is 616. The predicted octanol–water partition coefficient (Wildman–Crippen LogP) is 1.60. The summed E-state index contributed by atoms with van der Waals surface area (Å²) in [6.45, 7) is 5.00. The monoisotopic (exact) mass is 333 g/mol. The van der Waals surface area contributed by atoms with Crippen LogP contribution in [0.15, 0.2) is 18.2 Å². The lowest BCUT2D eigenvalue weighted by Gasteiger charge is -2.29. The van der Waals surface area contributed by atoms with E-state index >= 15 is 0 Å². The van der Waals surface area contributed by atoms with Crippen LogP contribution in [0.25, 0.3) is 0 Å². The van der Waals surface area contributed by atoms with E-state index in [4.69, 9.17) is 4.74 Å². The highest BCUT2D eigenvalue weighted by Gasteiger charge is 2.27. The van der Waals surface area contributed by atoms with Crippen molar-refractivity contribution in [3.63, 3.8) is 0 Å². The number of carbonyl (C=O) groups excluding carboxylic acids is 2. The fourth-order valence-corrected chi connectivity index (χ4v) is 2.92. The molecule has 24 heavy (non-hydrogen) atoms. The van der Waals surface area contributed by atoms with E-state index in [1.54, 1.807) is 4.90 Å². The average molecular weight is 333 g/mol. The van der Waals surface area contributed by atoms with E-state index < -0.39 is 0 Å². The Balaban J connectivity index is 2.37. The molecule has 1 aliphatic heterocycles. The first kappa shape index (κ1) is 18.3. The molecule has 0 radical (unpaired) electrons. The van der Waals surface area contributed by atoms with Crippen LogP contribution < -0.4 is 10.1 Å². The lowest BCUT2D eigenvalue weighted by molar-refractivity contribution is -0.129. The van der Waals surface area contributed by atoms with Crippen LogP contribution in [0.4, 0.5) is 5.69 Å². The van der Waals surface area contributed by atoms with Gasteiger partial charge in [0.2, 0.25) is 11.8 Å². The van der Waals surface area contributed by atoms with Crippen LogP contribution >= 0.6 is 0 Å². The quantitative estimate of drug-likeness (QED) is 0.913. The van der Waals surface area contributed by atoms with Gasteiger partial charge in [0, 0.05) is 44.2 Å². The summed E-state index contributed by atoms with van der Waals surface area (Å²) in [6, 6.07) is 5.48. The van der Waals surface area contributed by atoms with Gasteiger partial charge in [-0.25, -0.2) is 0 Å². The summed E-state index contributed by atoms with van der Waals surface area (Å²) in [7, 11) is 5.85. The fourth-order valence-electron chi connectivity index (χ4n) is 2.92. The molecule has 2 atom stereocenters. The first-order chi connectivity index (χ1) is 11.3. The van der Waals surface area contributed by atoms with Crippen molar-refractivity contribution in [3.8, 4) is 5.75 Å². The topological polar surface area (TPSA) is 61.9 Å². The fraction of sp³-hybridized carbons (Fsp3) is 0.556. The van der Waals surface area contributed by atoms with Gasteiger partial charge in [0.1, 0.15) is 11.9 Å². The summed E-state index contributed by atoms with van der Waals surface area (Å²) in [5.41, 5.74) is 1.48. The molecule has 2 amide bonds. The lowest BCUT2D eigenvalue weighted by Crippen LogP contribution is -2.41. The maximum absolute atomic E-state index is 12.5. The first-order valence-electron chi connectivity index (χ1n) is 8.22. The molecule has 132 valence electrons. The molecule has 0 bridgehead atoms. The van der Waals surface area contributed by atoms with Crippen LogP contribution in [0.5, 0.6) is 5.75 Å². The standard InChI is InChI=1S/C18H27N3O3/c1-12-10-21(5)18(23)9-14-8-15(19-13(2)22)6-7-16(14)24-17(12)11-20(3)4/h6-8,12,17H,9-11H2,1-5H3,(H,19,22)/t12-,17+/m1/s1. The summed E-state index contributed by atoms with van der Waals surface area (Å²) in [6.07, 6.45) is 0.249. The Kier molecular flexibility index (Phi) is 5.83. The van der Waals surface area contributed by atoms with Crippen molar-refractivity contribution in [2.75, 3.05) is 39.5 Å². The smallest absolute Gasteiger partial charge is 0.226 e. The molecule has 0 aliphatic carbocycles. The number of ether oxygens (including phenoxy) is 1. The third-order valence-corrected chi connectivity index (χ3v) is 4.17. The van der Waals surface area contributed by atoms with Crippen LogP contribution in [-0.2, 0) is 16.0 Å². The Morgan fingerprint density at radius 2 is 2.12 bits per heavy atom. The summed E-state index contributed by atoms with van der Waals surface area (Å²) in [4.78, 5) is 27.6. The van der Waals surface area contributed by atoms with Gasteiger partial charge in [0.15, 0.2) is 0 Å². The number of likely N-dealkylation sites (N-methyl/N-ethyl adjacent to an activating group) is 2.